The molecule has 0 aromatic heterocycles. The lowest BCUT2D eigenvalue weighted by molar-refractivity contribution is -0.394. The van der Waals surface area contributed by atoms with Crippen LogP contribution in [0.4, 0.5) is 11.4 Å². The van der Waals surface area contributed by atoms with Gasteiger partial charge in [-0.2, -0.15) is 0 Å². The Balaban J connectivity index is 3.30. The summed E-state index contributed by atoms with van der Waals surface area (Å²) in [6.45, 7) is 1.72. The van der Waals surface area contributed by atoms with Crippen LogP contribution in [0.3, 0.4) is 0 Å². The quantitative estimate of drug-likeness (QED) is 0.463. The van der Waals surface area contributed by atoms with Crippen molar-refractivity contribution in [3.8, 4) is 0 Å². The van der Waals surface area contributed by atoms with Gasteiger partial charge in [0.15, 0.2) is 0 Å². The maximum atomic E-state index is 10.8. The molecule has 16 heavy (non-hydrogen) atoms. The molecule has 7 heteroatoms. The molecule has 6 nitrogen and oxygen atoms in total. The Morgan fingerprint density at radius 1 is 1.31 bits per heavy atom. The summed E-state index contributed by atoms with van der Waals surface area (Å²) in [5.41, 5.74) is -0.148. The normalized spacial score (nSPS) is 12.1. The third-order valence-corrected chi connectivity index (χ3v) is 2.65. The largest absolute Gasteiger partial charge is 0.279 e. The highest BCUT2D eigenvalue weighted by Crippen LogP contribution is 2.30. The van der Waals surface area contributed by atoms with Crippen molar-refractivity contribution in [1.29, 1.82) is 0 Å². The molecular formula is C9H9ClN2O4. The monoisotopic (exact) mass is 244 g/mol. The molecular weight excluding hydrogens is 236 g/mol. The van der Waals surface area contributed by atoms with E-state index in [4.69, 9.17) is 11.6 Å². The summed E-state index contributed by atoms with van der Waals surface area (Å²) in [5.74, 6) is 0.00132. The van der Waals surface area contributed by atoms with Gasteiger partial charge in [-0.15, -0.1) is 11.6 Å². The van der Waals surface area contributed by atoms with Gasteiger partial charge < -0.3 is 0 Å². The van der Waals surface area contributed by atoms with Crippen LogP contribution in [0.2, 0.25) is 0 Å². The number of nitrogens with zero attached hydrogens (tertiary/aromatic N) is 2. The number of halogens is 1. The minimum atomic E-state index is -0.665. The molecule has 1 aromatic carbocycles. The third-order valence-electron chi connectivity index (χ3n) is 2.18. The predicted octanol–water partition coefficient (Wildman–Crippen LogP) is 2.85. The van der Waals surface area contributed by atoms with Gasteiger partial charge in [-0.1, -0.05) is 6.92 Å². The van der Waals surface area contributed by atoms with Gasteiger partial charge in [0.1, 0.15) is 0 Å². The zero-order valence-corrected chi connectivity index (χ0v) is 9.18. The molecule has 0 spiro atoms. The zero-order chi connectivity index (χ0) is 12.3. The molecule has 0 radical (unpaired) electrons. The summed E-state index contributed by atoms with van der Waals surface area (Å²) >= 11 is 5.61. The molecule has 0 heterocycles. The van der Waals surface area contributed by atoms with Gasteiger partial charge >= 0.3 is 0 Å². The SMILES string of the molecule is CC(CCl)c1ccc([N+](=O)[O-])cc1[N+](=O)[O-]. The zero-order valence-electron chi connectivity index (χ0n) is 8.42. The van der Waals surface area contributed by atoms with E-state index in [1.54, 1.807) is 6.92 Å². The first-order valence-electron chi connectivity index (χ1n) is 4.46. The van der Waals surface area contributed by atoms with Crippen LogP contribution in [0.25, 0.3) is 0 Å². The third kappa shape index (κ3) is 2.46. The molecule has 0 aliphatic carbocycles. The molecule has 0 amide bonds. The van der Waals surface area contributed by atoms with Gasteiger partial charge in [-0.05, 0) is 6.07 Å². The van der Waals surface area contributed by atoms with Gasteiger partial charge in [0.2, 0.25) is 0 Å². The van der Waals surface area contributed by atoms with Crippen LogP contribution in [-0.2, 0) is 0 Å². The van der Waals surface area contributed by atoms with Crippen LogP contribution in [-0.4, -0.2) is 15.7 Å². The molecule has 1 atom stereocenters. The first-order valence-corrected chi connectivity index (χ1v) is 4.99. The fourth-order valence-electron chi connectivity index (χ4n) is 1.30. The molecule has 0 aliphatic rings. The minimum absolute atomic E-state index is 0.220. The Morgan fingerprint density at radius 3 is 2.38 bits per heavy atom. The van der Waals surface area contributed by atoms with E-state index in [0.717, 1.165) is 6.07 Å². The van der Waals surface area contributed by atoms with Crippen molar-refractivity contribution >= 4 is 23.0 Å². The first kappa shape index (κ1) is 12.4. The van der Waals surface area contributed by atoms with Gasteiger partial charge in [-0.25, -0.2) is 0 Å². The second-order valence-corrected chi connectivity index (χ2v) is 3.62. The second kappa shape index (κ2) is 4.89. The van der Waals surface area contributed by atoms with Crippen molar-refractivity contribution in [2.75, 3.05) is 5.88 Å². The van der Waals surface area contributed by atoms with Crippen LogP contribution in [0, 0.1) is 20.2 Å². The summed E-state index contributed by atoms with van der Waals surface area (Å²) in [7, 11) is 0. The molecule has 0 aliphatic heterocycles. The number of rotatable bonds is 4. The van der Waals surface area contributed by atoms with Gasteiger partial charge in [-0.3, -0.25) is 20.2 Å². The summed E-state index contributed by atoms with van der Waals surface area (Å²) in [5, 5.41) is 21.2. The smallest absolute Gasteiger partial charge is 0.258 e. The van der Waals surface area contributed by atoms with Crippen molar-refractivity contribution in [1.82, 2.24) is 0 Å². The van der Waals surface area contributed by atoms with E-state index in [2.05, 4.69) is 0 Å². The van der Waals surface area contributed by atoms with Gasteiger partial charge in [0.05, 0.1) is 15.9 Å². The first-order chi connectivity index (χ1) is 7.47. The second-order valence-electron chi connectivity index (χ2n) is 3.31. The van der Waals surface area contributed by atoms with Gasteiger partial charge in [0.25, 0.3) is 11.4 Å². The number of non-ortho nitro benzene ring substituents is 1. The molecule has 86 valence electrons. The number of hydrogen-bond acceptors (Lipinski definition) is 4. The average molecular weight is 245 g/mol. The fourth-order valence-corrected chi connectivity index (χ4v) is 1.47. The van der Waals surface area contributed by atoms with E-state index >= 15 is 0 Å². The lowest BCUT2D eigenvalue weighted by Gasteiger charge is -2.07. The molecule has 0 N–H and O–H groups in total. The van der Waals surface area contributed by atoms with Crippen molar-refractivity contribution < 1.29 is 9.85 Å². The Bertz CT molecular complexity index is 436. The number of hydrogen-bond donors (Lipinski definition) is 0. The lowest BCUT2D eigenvalue weighted by atomic mass is 10.0. The van der Waals surface area contributed by atoms with Crippen molar-refractivity contribution in [2.24, 2.45) is 0 Å². The molecule has 1 aromatic rings. The molecule has 0 fully saturated rings. The number of benzene rings is 1. The molecule has 1 unspecified atom stereocenters. The molecule has 0 bridgehead atoms. The molecule has 1 rings (SSSR count). The average Bonchev–Trinajstić information content (AvgIpc) is 2.26. The maximum Gasteiger partial charge on any atom is 0.279 e. The van der Waals surface area contributed by atoms with E-state index in [1.807, 2.05) is 0 Å². The van der Waals surface area contributed by atoms with E-state index in [0.29, 0.717) is 5.56 Å². The summed E-state index contributed by atoms with van der Waals surface area (Å²) in [6.07, 6.45) is 0. The number of nitro benzene ring substituents is 2. The van der Waals surface area contributed by atoms with E-state index in [-0.39, 0.29) is 23.2 Å². The molecule has 0 saturated heterocycles. The van der Waals surface area contributed by atoms with Crippen LogP contribution in [0.15, 0.2) is 18.2 Å². The maximum absolute atomic E-state index is 10.8. The van der Waals surface area contributed by atoms with Crippen molar-refractivity contribution in [3.05, 3.63) is 44.0 Å². The van der Waals surface area contributed by atoms with Crippen molar-refractivity contribution in [3.63, 3.8) is 0 Å². The minimum Gasteiger partial charge on any atom is -0.258 e. The van der Waals surface area contributed by atoms with E-state index in [1.165, 1.54) is 12.1 Å². The lowest BCUT2D eigenvalue weighted by Crippen LogP contribution is -2.02. The summed E-state index contributed by atoms with van der Waals surface area (Å²) in [6, 6.07) is 3.58. The topological polar surface area (TPSA) is 86.3 Å². The summed E-state index contributed by atoms with van der Waals surface area (Å²) in [4.78, 5) is 19.9. The Morgan fingerprint density at radius 2 is 1.94 bits per heavy atom. The summed E-state index contributed by atoms with van der Waals surface area (Å²) < 4.78 is 0. The van der Waals surface area contributed by atoms with E-state index in [9.17, 15) is 20.2 Å². The van der Waals surface area contributed by atoms with Crippen molar-refractivity contribution in [2.45, 2.75) is 12.8 Å². The van der Waals surface area contributed by atoms with Gasteiger partial charge in [0, 0.05) is 23.4 Å². The number of nitro groups is 2. The van der Waals surface area contributed by atoms with Crippen LogP contribution in [0.1, 0.15) is 18.4 Å². The Hall–Kier alpha value is -1.69. The Kier molecular flexibility index (Phi) is 3.78. The standard InChI is InChI=1S/C9H9ClN2O4/c1-6(5-10)8-3-2-7(11(13)14)4-9(8)12(15)16/h2-4,6H,5H2,1H3. The van der Waals surface area contributed by atoms with Crippen LogP contribution < -0.4 is 0 Å². The van der Waals surface area contributed by atoms with E-state index < -0.39 is 9.85 Å². The Labute approximate surface area is 96.1 Å². The predicted molar refractivity (Wildman–Crippen MR) is 58.9 cm³/mol. The highest BCUT2D eigenvalue weighted by Gasteiger charge is 2.22. The van der Waals surface area contributed by atoms with Crippen LogP contribution >= 0.6 is 11.6 Å². The number of alkyl halides is 1. The van der Waals surface area contributed by atoms with Crippen LogP contribution in [0.5, 0.6) is 0 Å². The molecule has 0 saturated carbocycles. The highest BCUT2D eigenvalue weighted by atomic mass is 35.5. The highest BCUT2D eigenvalue weighted by molar-refractivity contribution is 6.18. The fraction of sp³-hybridized carbons (Fsp3) is 0.333.